The normalized spacial score (nSPS) is 11.2. The van der Waals surface area contributed by atoms with Crippen molar-refractivity contribution >= 4 is 17.5 Å². The van der Waals surface area contributed by atoms with Crippen molar-refractivity contribution in [2.45, 2.75) is 45.2 Å². The summed E-state index contributed by atoms with van der Waals surface area (Å²) >= 11 is 0. The highest BCUT2D eigenvalue weighted by molar-refractivity contribution is 5.93. The number of amides is 2. The van der Waals surface area contributed by atoms with Crippen molar-refractivity contribution in [3.8, 4) is 23.1 Å². The van der Waals surface area contributed by atoms with Crippen molar-refractivity contribution in [2.24, 2.45) is 0 Å². The standard InChI is InChI=1S/C33H36N6O2/c1-3-9-28(12-7-20-35-31-19-14-26(22-34)24-37-31)39(33(40)38-23-25-10-5-4-6-11-25)29-17-15-27(16-18-29)30-13-8-21-36-32(30)41-2/h4-6,8,10-11,13-19,21,24,28H,3,7,9,12,20,23H2,1-2H3,(H,35,37)(H,38,40). The number of anilines is 2. The number of nitrogens with zero attached hydrogens (tertiary/aromatic N) is 4. The number of carbonyl (C=O) groups excluding carboxylic acids is 1. The Bertz CT molecular complexity index is 1420. The van der Waals surface area contributed by atoms with E-state index < -0.39 is 0 Å². The Kier molecular flexibility index (Phi) is 10.7. The first kappa shape index (κ1) is 29.1. The van der Waals surface area contributed by atoms with Crippen molar-refractivity contribution in [1.82, 2.24) is 15.3 Å². The van der Waals surface area contributed by atoms with E-state index in [1.165, 1.54) is 0 Å². The van der Waals surface area contributed by atoms with E-state index in [9.17, 15) is 4.79 Å². The van der Waals surface area contributed by atoms with Gasteiger partial charge < -0.3 is 15.4 Å². The third-order valence-corrected chi connectivity index (χ3v) is 6.83. The van der Waals surface area contributed by atoms with Crippen molar-refractivity contribution in [2.75, 3.05) is 23.9 Å². The molecule has 210 valence electrons. The van der Waals surface area contributed by atoms with E-state index in [2.05, 4.69) is 33.6 Å². The number of carbonyl (C=O) groups is 1. The number of aromatic nitrogens is 2. The summed E-state index contributed by atoms with van der Waals surface area (Å²) in [6.45, 7) is 3.30. The molecule has 1 unspecified atom stereocenters. The number of urea groups is 1. The third-order valence-electron chi connectivity index (χ3n) is 6.83. The molecule has 2 aromatic carbocycles. The zero-order chi connectivity index (χ0) is 28.9. The summed E-state index contributed by atoms with van der Waals surface area (Å²) in [6.07, 6.45) is 6.74. The minimum atomic E-state index is -0.124. The molecule has 4 aromatic rings. The molecule has 2 aromatic heterocycles. The van der Waals surface area contributed by atoms with Gasteiger partial charge in [-0.15, -0.1) is 0 Å². The predicted molar refractivity (Wildman–Crippen MR) is 163 cm³/mol. The van der Waals surface area contributed by atoms with E-state index in [1.807, 2.05) is 77.7 Å². The lowest BCUT2D eigenvalue weighted by Crippen LogP contribution is -2.46. The predicted octanol–water partition coefficient (Wildman–Crippen LogP) is 6.80. The molecular formula is C33H36N6O2. The van der Waals surface area contributed by atoms with Gasteiger partial charge in [0.05, 0.1) is 12.7 Å². The fraction of sp³-hybridized carbons (Fsp3) is 0.273. The molecule has 41 heavy (non-hydrogen) atoms. The van der Waals surface area contributed by atoms with Gasteiger partial charge in [-0.2, -0.15) is 5.26 Å². The lowest BCUT2D eigenvalue weighted by molar-refractivity contribution is 0.242. The first-order chi connectivity index (χ1) is 20.1. The maximum Gasteiger partial charge on any atom is 0.322 e. The molecule has 0 aliphatic heterocycles. The molecule has 0 spiro atoms. The summed E-state index contributed by atoms with van der Waals surface area (Å²) in [5, 5.41) is 15.4. The number of benzene rings is 2. The van der Waals surface area contributed by atoms with Crippen LogP contribution in [0.4, 0.5) is 16.3 Å². The lowest BCUT2D eigenvalue weighted by Gasteiger charge is -2.32. The van der Waals surface area contributed by atoms with Crippen molar-refractivity contribution < 1.29 is 9.53 Å². The van der Waals surface area contributed by atoms with Gasteiger partial charge in [-0.1, -0.05) is 55.8 Å². The molecule has 2 amide bonds. The molecule has 8 nitrogen and oxygen atoms in total. The largest absolute Gasteiger partial charge is 0.481 e. The molecule has 8 heteroatoms. The number of nitrogens with one attached hydrogen (secondary N) is 2. The lowest BCUT2D eigenvalue weighted by atomic mass is 10.0. The smallest absolute Gasteiger partial charge is 0.322 e. The van der Waals surface area contributed by atoms with Crippen LogP contribution in [0.2, 0.25) is 0 Å². The van der Waals surface area contributed by atoms with Gasteiger partial charge in [0.2, 0.25) is 5.88 Å². The second-order valence-corrected chi connectivity index (χ2v) is 9.68. The van der Waals surface area contributed by atoms with Crippen LogP contribution in [0, 0.1) is 11.3 Å². The monoisotopic (exact) mass is 548 g/mol. The fourth-order valence-electron chi connectivity index (χ4n) is 4.78. The molecule has 4 rings (SSSR count). The maximum absolute atomic E-state index is 13.7. The Morgan fingerprint density at radius 2 is 1.80 bits per heavy atom. The van der Waals surface area contributed by atoms with Crippen LogP contribution >= 0.6 is 0 Å². The first-order valence-electron chi connectivity index (χ1n) is 13.9. The van der Waals surface area contributed by atoms with Gasteiger partial charge >= 0.3 is 6.03 Å². The topological polar surface area (TPSA) is 103 Å². The molecule has 0 saturated carbocycles. The summed E-state index contributed by atoms with van der Waals surface area (Å²) in [5.74, 6) is 1.29. The van der Waals surface area contributed by atoms with E-state index in [0.717, 1.165) is 53.9 Å². The van der Waals surface area contributed by atoms with Crippen molar-refractivity contribution in [1.29, 1.82) is 5.26 Å². The molecule has 1 atom stereocenters. The van der Waals surface area contributed by atoms with Crippen LogP contribution in [0.3, 0.4) is 0 Å². The average molecular weight is 549 g/mol. The average Bonchev–Trinajstić information content (AvgIpc) is 3.03. The van der Waals surface area contributed by atoms with Gasteiger partial charge in [0.1, 0.15) is 11.9 Å². The second-order valence-electron chi connectivity index (χ2n) is 9.68. The van der Waals surface area contributed by atoms with E-state index >= 15 is 0 Å². The number of ether oxygens (including phenoxy) is 1. The quantitative estimate of drug-likeness (QED) is 0.178. The summed E-state index contributed by atoms with van der Waals surface area (Å²) < 4.78 is 5.45. The highest BCUT2D eigenvalue weighted by atomic mass is 16.5. The highest BCUT2D eigenvalue weighted by Crippen LogP contribution is 2.31. The maximum atomic E-state index is 13.7. The van der Waals surface area contributed by atoms with Gasteiger partial charge in [-0.3, -0.25) is 4.90 Å². The number of rotatable bonds is 13. The molecule has 2 N–H and O–H groups in total. The molecule has 0 bridgehead atoms. The van der Waals surface area contributed by atoms with Gasteiger partial charge in [0.15, 0.2) is 0 Å². The molecule has 0 saturated heterocycles. The van der Waals surface area contributed by atoms with Crippen LogP contribution < -0.4 is 20.3 Å². The summed E-state index contributed by atoms with van der Waals surface area (Å²) in [7, 11) is 1.61. The van der Waals surface area contributed by atoms with Gasteiger partial charge in [0, 0.05) is 42.8 Å². The second kappa shape index (κ2) is 15.0. The van der Waals surface area contributed by atoms with Crippen LogP contribution in [0.15, 0.2) is 91.3 Å². The number of pyridine rings is 2. The Hall–Kier alpha value is -4.90. The van der Waals surface area contributed by atoms with Crippen LogP contribution in [-0.4, -0.2) is 35.7 Å². The van der Waals surface area contributed by atoms with Crippen LogP contribution in [0.1, 0.15) is 43.7 Å². The Labute approximate surface area is 242 Å². The summed E-state index contributed by atoms with van der Waals surface area (Å²) in [6, 6.07) is 27.3. The highest BCUT2D eigenvalue weighted by Gasteiger charge is 2.25. The van der Waals surface area contributed by atoms with E-state index in [4.69, 9.17) is 10.00 Å². The van der Waals surface area contributed by atoms with E-state index in [-0.39, 0.29) is 12.1 Å². The Balaban J connectivity index is 1.52. The van der Waals surface area contributed by atoms with Gasteiger partial charge in [-0.25, -0.2) is 14.8 Å². The number of hydrogen-bond acceptors (Lipinski definition) is 6. The minimum absolute atomic E-state index is 0.00488. The van der Waals surface area contributed by atoms with Gasteiger partial charge in [0.25, 0.3) is 0 Å². The Morgan fingerprint density at radius 1 is 1.00 bits per heavy atom. The Morgan fingerprint density at radius 3 is 2.49 bits per heavy atom. The zero-order valence-corrected chi connectivity index (χ0v) is 23.6. The molecule has 2 heterocycles. The fourth-order valence-corrected chi connectivity index (χ4v) is 4.78. The van der Waals surface area contributed by atoms with Crippen molar-refractivity contribution in [3.05, 3.63) is 102 Å². The van der Waals surface area contributed by atoms with E-state index in [1.54, 1.807) is 25.6 Å². The molecule has 0 radical (unpaired) electrons. The van der Waals surface area contributed by atoms with Crippen molar-refractivity contribution in [3.63, 3.8) is 0 Å². The molecule has 0 aliphatic carbocycles. The van der Waals surface area contributed by atoms with Gasteiger partial charge in [-0.05, 0) is 66.8 Å². The molecular weight excluding hydrogens is 512 g/mol. The third kappa shape index (κ3) is 8.05. The van der Waals surface area contributed by atoms with Crippen LogP contribution in [0.25, 0.3) is 11.1 Å². The summed E-state index contributed by atoms with van der Waals surface area (Å²) in [4.78, 5) is 24.2. The SMILES string of the molecule is CCCC(CCCNc1ccc(C#N)cn1)N(C(=O)NCc1ccccc1)c1ccc(-c2cccnc2OC)cc1. The number of methoxy groups -OCH3 is 1. The minimum Gasteiger partial charge on any atom is -0.481 e. The van der Waals surface area contributed by atoms with E-state index in [0.29, 0.717) is 24.5 Å². The van der Waals surface area contributed by atoms with Crippen LogP contribution in [0.5, 0.6) is 5.88 Å². The van der Waals surface area contributed by atoms with Crippen LogP contribution in [-0.2, 0) is 6.54 Å². The zero-order valence-electron chi connectivity index (χ0n) is 23.6. The molecule has 0 fully saturated rings. The number of nitriles is 1. The molecule has 0 aliphatic rings. The number of hydrogen-bond donors (Lipinski definition) is 2. The first-order valence-corrected chi connectivity index (χ1v) is 13.9. The summed E-state index contributed by atoms with van der Waals surface area (Å²) in [5.41, 5.74) is 4.28.